The summed E-state index contributed by atoms with van der Waals surface area (Å²) in [6, 6.07) is 64.5. The first-order chi connectivity index (χ1) is 23.2. The van der Waals surface area contributed by atoms with Gasteiger partial charge in [-0.3, -0.25) is 0 Å². The molecule has 0 aromatic heterocycles. The van der Waals surface area contributed by atoms with E-state index in [2.05, 4.69) is 189 Å². The zero-order chi connectivity index (χ0) is 33.0. The van der Waals surface area contributed by atoms with Crippen LogP contribution in [0.2, 0.25) is 0 Å². The fraction of sp³-hybridized carbons (Fsp3) is 0.0667. The van der Waals surface area contributed by atoms with Crippen molar-refractivity contribution in [2.75, 3.05) is 0 Å². The van der Waals surface area contributed by atoms with Crippen LogP contribution in [-0.4, -0.2) is 0 Å². The van der Waals surface area contributed by atoms with Gasteiger partial charge in [0.05, 0.1) is 0 Å². The van der Waals surface area contributed by atoms with Crippen LogP contribution in [0, 0.1) is 0 Å². The third-order valence-corrected chi connectivity index (χ3v) is 12.2. The van der Waals surface area contributed by atoms with Gasteiger partial charge < -0.3 is 0 Å². The summed E-state index contributed by atoms with van der Waals surface area (Å²) < 4.78 is 0. The Morgan fingerprint density at radius 2 is 0.723 bits per heavy atom. The maximum atomic E-state index is 2.27. The highest BCUT2D eigenvalue weighted by Crippen LogP contribution is 2.73. The second-order valence-corrected chi connectivity index (χ2v) is 14.8. The summed E-state index contributed by atoms with van der Waals surface area (Å²) in [5.74, 6) is 0. The van der Waals surface area contributed by atoms with E-state index in [1.807, 2.05) is 44.2 Å². The van der Waals surface area contributed by atoms with Crippen molar-refractivity contribution in [1.29, 1.82) is 0 Å². The average Bonchev–Trinajstić information content (AvgIpc) is 3.15. The summed E-state index contributed by atoms with van der Waals surface area (Å²) in [5.41, 5.74) is 1.30. The van der Waals surface area contributed by atoms with Crippen molar-refractivity contribution >= 4 is 21.8 Å². The zero-order valence-corrected chi connectivity index (χ0v) is 29.2. The highest BCUT2D eigenvalue weighted by molar-refractivity contribution is 8.34. The van der Waals surface area contributed by atoms with Gasteiger partial charge in [-0.25, -0.2) is 0 Å². The van der Waals surface area contributed by atoms with E-state index in [-0.39, 0.29) is 0 Å². The lowest BCUT2D eigenvalue weighted by molar-refractivity contribution is 1.24. The van der Waals surface area contributed by atoms with Crippen molar-refractivity contribution in [1.82, 2.24) is 0 Å². The minimum absolute atomic E-state index is 1.29. The van der Waals surface area contributed by atoms with Crippen LogP contribution >= 0.6 is 21.8 Å². The summed E-state index contributed by atoms with van der Waals surface area (Å²) in [6.45, 7) is 6.13. The second kappa shape index (κ2) is 19.7. The van der Waals surface area contributed by atoms with Gasteiger partial charge in [-0.15, -0.1) is 10.0 Å². The summed E-state index contributed by atoms with van der Waals surface area (Å²) >= 11 is 1.79. The molecule has 6 aromatic rings. The number of allylic oxidation sites excluding steroid dienone is 6. The molecular formula is C45H44S2. The Morgan fingerprint density at radius 3 is 1.00 bits per heavy atom. The molecule has 0 saturated carbocycles. The minimum Gasteiger partial charge on any atom is -0.133 e. The molecule has 0 aliphatic heterocycles. The van der Waals surface area contributed by atoms with E-state index in [0.717, 1.165) is 0 Å². The molecule has 47 heavy (non-hydrogen) atoms. The van der Waals surface area contributed by atoms with Crippen LogP contribution in [0.1, 0.15) is 20.8 Å². The fourth-order valence-electron chi connectivity index (χ4n) is 4.84. The SMILES string of the molecule is C\C=C/C=C\C(C)=C/C.c1ccc(S(c2ccccc2)(c2ccccc2)c2ccccc2)cc1.c1ccc(Sc2ccccc2)cc1. The molecule has 6 aromatic carbocycles. The van der Waals surface area contributed by atoms with Crippen molar-refractivity contribution in [2.24, 2.45) is 0 Å². The van der Waals surface area contributed by atoms with Gasteiger partial charge in [-0.2, -0.15) is 0 Å². The molecule has 0 atom stereocenters. The van der Waals surface area contributed by atoms with E-state index < -0.39 is 10.0 Å². The first kappa shape index (κ1) is 35.1. The van der Waals surface area contributed by atoms with Gasteiger partial charge in [-0.1, -0.05) is 157 Å². The molecule has 236 valence electrons. The van der Waals surface area contributed by atoms with E-state index in [0.29, 0.717) is 0 Å². The monoisotopic (exact) mass is 648 g/mol. The van der Waals surface area contributed by atoms with E-state index in [9.17, 15) is 0 Å². The lowest BCUT2D eigenvalue weighted by atomic mass is 10.2. The quantitative estimate of drug-likeness (QED) is 0.148. The van der Waals surface area contributed by atoms with Gasteiger partial charge in [-0.05, 0) is 93.6 Å². The normalized spacial score (nSPS) is 11.7. The Hall–Kier alpha value is -4.76. The van der Waals surface area contributed by atoms with E-state index >= 15 is 0 Å². The van der Waals surface area contributed by atoms with Crippen LogP contribution in [0.5, 0.6) is 0 Å². The molecule has 0 spiro atoms. The third kappa shape index (κ3) is 10.4. The van der Waals surface area contributed by atoms with Gasteiger partial charge in [0.15, 0.2) is 0 Å². The minimum atomic E-state index is -1.51. The molecule has 0 amide bonds. The first-order valence-electron chi connectivity index (χ1n) is 15.9. The van der Waals surface area contributed by atoms with Gasteiger partial charge in [0.1, 0.15) is 0 Å². The predicted molar refractivity (Wildman–Crippen MR) is 207 cm³/mol. The van der Waals surface area contributed by atoms with Crippen LogP contribution in [0.15, 0.2) is 247 Å². The Balaban J connectivity index is 0.000000190. The number of hydrogen-bond donors (Lipinski definition) is 0. The molecule has 0 nitrogen and oxygen atoms in total. The first-order valence-corrected chi connectivity index (χ1v) is 18.4. The number of hydrogen-bond acceptors (Lipinski definition) is 1. The second-order valence-electron chi connectivity index (χ2n) is 10.5. The Morgan fingerprint density at radius 1 is 0.426 bits per heavy atom. The number of benzene rings is 6. The molecule has 2 heteroatoms. The molecule has 0 radical (unpaired) electrons. The van der Waals surface area contributed by atoms with Crippen molar-refractivity contribution < 1.29 is 0 Å². The fourth-order valence-corrected chi connectivity index (χ4v) is 9.60. The van der Waals surface area contributed by atoms with Gasteiger partial charge >= 0.3 is 0 Å². The summed E-state index contributed by atoms with van der Waals surface area (Å²) in [7, 11) is -1.51. The van der Waals surface area contributed by atoms with E-state index in [1.165, 1.54) is 34.9 Å². The van der Waals surface area contributed by atoms with Crippen LogP contribution in [-0.2, 0) is 0 Å². The molecule has 6 rings (SSSR count). The van der Waals surface area contributed by atoms with Gasteiger partial charge in [0.25, 0.3) is 0 Å². The maximum absolute atomic E-state index is 2.27. The molecule has 0 fully saturated rings. The van der Waals surface area contributed by atoms with Crippen LogP contribution < -0.4 is 0 Å². The Bertz CT molecular complexity index is 1580. The standard InChI is InChI=1S/C24H20S.C12H10S.C9H14/c1-5-13-21(14-6-1)25(22-15-7-2-8-16-22,23-17-9-3-10-18-23)24-19-11-4-12-20-24;1-3-7-11(8-4-1)13-12-9-5-2-6-10-12;1-4-6-7-8-9(3)5-2/h1-20H;1-10H;4-8H,1-3H3/b;;6-4-,8-7-,9-5-. The highest BCUT2D eigenvalue weighted by Gasteiger charge is 2.32. The molecule has 0 aliphatic rings. The summed E-state index contributed by atoms with van der Waals surface area (Å²) in [6.07, 6.45) is 10.2. The molecular weight excluding hydrogens is 605 g/mol. The number of rotatable bonds is 8. The van der Waals surface area contributed by atoms with Crippen molar-refractivity contribution in [3.05, 3.63) is 218 Å². The van der Waals surface area contributed by atoms with Crippen LogP contribution in [0.4, 0.5) is 0 Å². The Kier molecular flexibility index (Phi) is 14.7. The van der Waals surface area contributed by atoms with Crippen LogP contribution in [0.25, 0.3) is 0 Å². The van der Waals surface area contributed by atoms with E-state index in [1.54, 1.807) is 11.8 Å². The average molecular weight is 649 g/mol. The third-order valence-electron chi connectivity index (χ3n) is 7.23. The molecule has 0 N–H and O–H groups in total. The maximum Gasteiger partial charge on any atom is 0.0122 e. The lowest BCUT2D eigenvalue weighted by Gasteiger charge is -2.42. The van der Waals surface area contributed by atoms with Gasteiger partial charge in [0.2, 0.25) is 0 Å². The smallest absolute Gasteiger partial charge is 0.0122 e. The molecule has 0 saturated heterocycles. The molecule has 0 aliphatic carbocycles. The topological polar surface area (TPSA) is 0 Å². The van der Waals surface area contributed by atoms with Crippen molar-refractivity contribution in [3.8, 4) is 0 Å². The highest BCUT2D eigenvalue weighted by atomic mass is 32.3. The van der Waals surface area contributed by atoms with Crippen molar-refractivity contribution in [3.63, 3.8) is 0 Å². The summed E-state index contributed by atoms with van der Waals surface area (Å²) in [4.78, 5) is 8.01. The van der Waals surface area contributed by atoms with Crippen molar-refractivity contribution in [2.45, 2.75) is 50.1 Å². The lowest BCUT2D eigenvalue weighted by Crippen LogP contribution is -2.04. The Labute approximate surface area is 288 Å². The largest absolute Gasteiger partial charge is 0.133 e. The molecule has 0 unspecified atom stereocenters. The summed E-state index contributed by atoms with van der Waals surface area (Å²) in [5, 5.41) is 0. The molecule has 0 bridgehead atoms. The van der Waals surface area contributed by atoms with E-state index in [4.69, 9.17) is 0 Å². The van der Waals surface area contributed by atoms with Crippen LogP contribution in [0.3, 0.4) is 0 Å². The predicted octanol–water partition coefficient (Wildman–Crippen LogP) is 14.0. The zero-order valence-electron chi connectivity index (χ0n) is 27.5. The molecule has 0 heterocycles. The van der Waals surface area contributed by atoms with Gasteiger partial charge in [0, 0.05) is 29.4 Å².